The van der Waals surface area contributed by atoms with Crippen LogP contribution < -0.4 is 10.9 Å². The van der Waals surface area contributed by atoms with E-state index in [0.717, 1.165) is 22.2 Å². The summed E-state index contributed by atoms with van der Waals surface area (Å²) in [7, 11) is 0. The fourth-order valence-corrected chi connectivity index (χ4v) is 3.37. The van der Waals surface area contributed by atoms with E-state index in [-0.39, 0.29) is 23.9 Å². The van der Waals surface area contributed by atoms with Crippen molar-refractivity contribution < 1.29 is 9.32 Å². The molecule has 0 aliphatic carbocycles. The maximum absolute atomic E-state index is 12.8. The Bertz CT molecular complexity index is 1290. The zero-order valence-electron chi connectivity index (χ0n) is 16.4. The molecule has 29 heavy (non-hydrogen) atoms. The fourth-order valence-electron chi connectivity index (χ4n) is 3.37. The average Bonchev–Trinajstić information content (AvgIpc) is 3.12. The van der Waals surface area contributed by atoms with Gasteiger partial charge in [-0.3, -0.25) is 14.2 Å². The molecule has 2 aromatic heterocycles. The molecule has 0 aliphatic heterocycles. The number of carbonyl (C=O) groups is 1. The van der Waals surface area contributed by atoms with Crippen molar-refractivity contribution in [2.24, 2.45) is 0 Å². The van der Waals surface area contributed by atoms with Crippen molar-refractivity contribution in [3.8, 4) is 11.5 Å². The number of carbonyl (C=O) groups excluding carboxylic acids is 1. The molecule has 0 fully saturated rings. The monoisotopic (exact) mass is 388 g/mol. The topological polar surface area (TPSA) is 90.0 Å². The normalized spacial score (nSPS) is 11.0. The number of benzene rings is 2. The van der Waals surface area contributed by atoms with Crippen molar-refractivity contribution in [2.45, 2.75) is 27.3 Å². The third kappa shape index (κ3) is 3.67. The molecule has 1 N–H and O–H groups in total. The van der Waals surface area contributed by atoms with Crippen LogP contribution in [0.3, 0.4) is 0 Å². The molecule has 0 saturated carbocycles. The Hall–Kier alpha value is -3.74. The maximum Gasteiger partial charge on any atom is 0.258 e. The van der Waals surface area contributed by atoms with Crippen LogP contribution >= 0.6 is 0 Å². The molecule has 0 aliphatic rings. The van der Waals surface area contributed by atoms with Crippen LogP contribution in [0.25, 0.3) is 22.4 Å². The van der Waals surface area contributed by atoms with E-state index in [1.807, 2.05) is 50.2 Å². The summed E-state index contributed by atoms with van der Waals surface area (Å²) >= 11 is 0. The van der Waals surface area contributed by atoms with Gasteiger partial charge in [0.05, 0.1) is 11.1 Å². The largest absolute Gasteiger partial charge is 0.334 e. The fraction of sp³-hybridized carbons (Fsp3) is 0.182. The van der Waals surface area contributed by atoms with Crippen LogP contribution in [0.5, 0.6) is 0 Å². The molecule has 4 rings (SSSR count). The van der Waals surface area contributed by atoms with E-state index in [0.29, 0.717) is 16.9 Å². The number of aromatic nitrogens is 3. The van der Waals surface area contributed by atoms with Crippen molar-refractivity contribution in [1.29, 1.82) is 0 Å². The Balaban J connectivity index is 1.72. The number of amides is 1. The van der Waals surface area contributed by atoms with Crippen molar-refractivity contribution in [2.75, 3.05) is 5.32 Å². The minimum atomic E-state index is -0.315. The Morgan fingerprint density at radius 2 is 1.90 bits per heavy atom. The number of anilines is 1. The molecule has 0 saturated heterocycles. The first-order chi connectivity index (χ1) is 13.9. The molecule has 4 aromatic rings. The summed E-state index contributed by atoms with van der Waals surface area (Å²) in [6.07, 6.45) is 0. The molecule has 1 amide bonds. The van der Waals surface area contributed by atoms with Gasteiger partial charge in [-0.2, -0.15) is 4.98 Å². The van der Waals surface area contributed by atoms with Crippen LogP contribution in [0.2, 0.25) is 0 Å². The van der Waals surface area contributed by atoms with Crippen molar-refractivity contribution in [3.05, 3.63) is 75.8 Å². The molecule has 0 spiro atoms. The molecule has 0 bridgehead atoms. The minimum Gasteiger partial charge on any atom is -0.334 e. The zero-order chi connectivity index (χ0) is 20.5. The molecular formula is C22H20N4O3. The number of para-hydroxylation sites is 1. The minimum absolute atomic E-state index is 0.101. The van der Waals surface area contributed by atoms with E-state index in [9.17, 15) is 9.59 Å². The maximum atomic E-state index is 12.8. The van der Waals surface area contributed by atoms with Gasteiger partial charge in [-0.1, -0.05) is 41.1 Å². The van der Waals surface area contributed by atoms with Gasteiger partial charge in [0, 0.05) is 17.1 Å². The van der Waals surface area contributed by atoms with Crippen LogP contribution in [-0.4, -0.2) is 20.6 Å². The Morgan fingerprint density at radius 3 is 2.62 bits per heavy atom. The number of aryl methyl sites for hydroxylation is 3. The van der Waals surface area contributed by atoms with E-state index < -0.39 is 0 Å². The quantitative estimate of drug-likeness (QED) is 0.577. The Morgan fingerprint density at radius 1 is 1.10 bits per heavy atom. The van der Waals surface area contributed by atoms with Crippen LogP contribution in [0.15, 0.2) is 57.8 Å². The summed E-state index contributed by atoms with van der Waals surface area (Å²) < 4.78 is 6.69. The highest BCUT2D eigenvalue weighted by atomic mass is 16.5. The van der Waals surface area contributed by atoms with E-state index in [1.54, 1.807) is 13.0 Å². The van der Waals surface area contributed by atoms with Crippen LogP contribution in [0.1, 0.15) is 17.0 Å². The second-order valence-electron chi connectivity index (χ2n) is 7.01. The van der Waals surface area contributed by atoms with Gasteiger partial charge in [-0.15, -0.1) is 0 Å². The molecule has 2 aromatic carbocycles. The summed E-state index contributed by atoms with van der Waals surface area (Å²) in [5.41, 5.74) is 3.69. The van der Waals surface area contributed by atoms with Crippen LogP contribution in [-0.2, 0) is 11.3 Å². The lowest BCUT2D eigenvalue weighted by atomic mass is 10.1. The lowest BCUT2D eigenvalue weighted by Crippen LogP contribution is -2.28. The summed E-state index contributed by atoms with van der Waals surface area (Å²) in [6, 6.07) is 14.6. The lowest BCUT2D eigenvalue weighted by Gasteiger charge is -2.13. The van der Waals surface area contributed by atoms with E-state index in [1.165, 1.54) is 10.6 Å². The van der Waals surface area contributed by atoms with Crippen LogP contribution in [0.4, 0.5) is 5.69 Å². The lowest BCUT2D eigenvalue weighted by molar-refractivity contribution is -0.116. The Kier molecular flexibility index (Phi) is 4.72. The van der Waals surface area contributed by atoms with Crippen LogP contribution in [0, 0.1) is 20.8 Å². The SMILES string of the molecule is Cc1ccc(NC(=O)Cn2c(=O)cc(-c3nc(C)no3)c3ccccc32)c(C)c1. The standard InChI is InChI=1S/C22H20N4O3/c1-13-8-9-18(14(2)10-13)24-20(27)12-26-19-7-5-4-6-16(19)17(11-21(26)28)22-23-15(3)25-29-22/h4-11H,12H2,1-3H3,(H,24,27). The average molecular weight is 388 g/mol. The third-order valence-corrected chi connectivity index (χ3v) is 4.73. The smallest absolute Gasteiger partial charge is 0.258 e. The third-order valence-electron chi connectivity index (χ3n) is 4.73. The molecule has 0 radical (unpaired) electrons. The number of hydrogen-bond acceptors (Lipinski definition) is 5. The summed E-state index contributed by atoms with van der Waals surface area (Å²) in [6.45, 7) is 5.55. The summed E-state index contributed by atoms with van der Waals surface area (Å²) in [5, 5.41) is 7.45. The molecular weight excluding hydrogens is 368 g/mol. The zero-order valence-corrected chi connectivity index (χ0v) is 16.4. The molecule has 0 unspecified atom stereocenters. The highest BCUT2D eigenvalue weighted by Gasteiger charge is 2.16. The first-order valence-electron chi connectivity index (χ1n) is 9.23. The van der Waals surface area contributed by atoms with Gasteiger partial charge >= 0.3 is 0 Å². The second-order valence-corrected chi connectivity index (χ2v) is 7.01. The number of nitrogens with one attached hydrogen (secondary N) is 1. The van der Waals surface area contributed by atoms with E-state index in [4.69, 9.17) is 4.52 Å². The van der Waals surface area contributed by atoms with Gasteiger partial charge in [0.15, 0.2) is 5.82 Å². The van der Waals surface area contributed by atoms with Gasteiger partial charge in [-0.05, 0) is 38.5 Å². The van der Waals surface area contributed by atoms with Crippen molar-refractivity contribution in [3.63, 3.8) is 0 Å². The van der Waals surface area contributed by atoms with Crippen molar-refractivity contribution in [1.82, 2.24) is 14.7 Å². The van der Waals surface area contributed by atoms with Gasteiger partial charge in [0.2, 0.25) is 5.91 Å². The molecule has 0 atom stereocenters. The predicted octanol–water partition coefficient (Wildman–Crippen LogP) is 3.62. The Labute approximate surface area is 167 Å². The number of fused-ring (bicyclic) bond motifs is 1. The number of nitrogens with zero attached hydrogens (tertiary/aromatic N) is 3. The van der Waals surface area contributed by atoms with Gasteiger partial charge in [0.1, 0.15) is 6.54 Å². The first kappa shape index (κ1) is 18.6. The summed E-state index contributed by atoms with van der Waals surface area (Å²) in [5.74, 6) is 0.495. The number of rotatable bonds is 4. The summed E-state index contributed by atoms with van der Waals surface area (Å²) in [4.78, 5) is 29.7. The van der Waals surface area contributed by atoms with E-state index >= 15 is 0 Å². The van der Waals surface area contributed by atoms with Gasteiger partial charge in [0.25, 0.3) is 11.4 Å². The number of hydrogen-bond donors (Lipinski definition) is 1. The first-order valence-corrected chi connectivity index (χ1v) is 9.23. The predicted molar refractivity (Wildman–Crippen MR) is 111 cm³/mol. The van der Waals surface area contributed by atoms with E-state index in [2.05, 4.69) is 15.5 Å². The molecule has 2 heterocycles. The number of pyridine rings is 1. The highest BCUT2D eigenvalue weighted by Crippen LogP contribution is 2.26. The molecule has 7 heteroatoms. The van der Waals surface area contributed by atoms with Gasteiger partial charge in [-0.25, -0.2) is 0 Å². The molecule has 7 nitrogen and oxygen atoms in total. The molecule has 146 valence electrons. The van der Waals surface area contributed by atoms with Crippen molar-refractivity contribution >= 4 is 22.5 Å². The highest BCUT2D eigenvalue weighted by molar-refractivity contribution is 5.95. The van der Waals surface area contributed by atoms with Gasteiger partial charge < -0.3 is 9.84 Å². The second kappa shape index (κ2) is 7.35.